The molecule has 2 aromatic rings. The highest BCUT2D eigenvalue weighted by molar-refractivity contribution is 5.99. The fourth-order valence-corrected chi connectivity index (χ4v) is 3.18. The number of carbonyl (C=O) groups is 1. The number of hydrogen-bond acceptors (Lipinski definition) is 9. The van der Waals surface area contributed by atoms with Gasteiger partial charge in [0.25, 0.3) is 0 Å². The van der Waals surface area contributed by atoms with Crippen molar-refractivity contribution in [2.45, 2.75) is 43.5 Å². The molecule has 0 aliphatic carbocycles. The quantitative estimate of drug-likeness (QED) is 0.342. The minimum Gasteiger partial charge on any atom is -0.508 e. The molecule has 1 aliphatic heterocycles. The summed E-state index contributed by atoms with van der Waals surface area (Å²) in [6, 6.07) is 10.3. The smallest absolute Gasteiger partial charge is 0.229 e. The van der Waals surface area contributed by atoms with Gasteiger partial charge in [-0.15, -0.1) is 0 Å². The van der Waals surface area contributed by atoms with Crippen LogP contribution < -0.4 is 4.74 Å². The third kappa shape index (κ3) is 4.89. The largest absolute Gasteiger partial charge is 0.508 e. The Morgan fingerprint density at radius 3 is 2.27 bits per heavy atom. The van der Waals surface area contributed by atoms with Crippen LogP contribution >= 0.6 is 0 Å². The van der Waals surface area contributed by atoms with Crippen molar-refractivity contribution in [3.05, 3.63) is 53.6 Å². The van der Waals surface area contributed by atoms with Gasteiger partial charge < -0.3 is 40.1 Å². The lowest BCUT2D eigenvalue weighted by atomic mass is 9.99. The lowest BCUT2D eigenvalue weighted by molar-refractivity contribution is -0.277. The fourth-order valence-electron chi connectivity index (χ4n) is 3.18. The first-order valence-corrected chi connectivity index (χ1v) is 9.41. The number of rotatable bonds is 7. The predicted octanol–water partition coefficient (Wildman–Crippen LogP) is 0.0920. The summed E-state index contributed by atoms with van der Waals surface area (Å²) in [6.07, 6.45) is -6.96. The SMILES string of the molecule is O=C(CCc1ccc(O)cc1)c1ccc(O)cc1OC1OC(CO)C(O)C(O)C1O. The maximum absolute atomic E-state index is 12.7. The van der Waals surface area contributed by atoms with E-state index in [1.165, 1.54) is 30.3 Å². The summed E-state index contributed by atoms with van der Waals surface area (Å²) in [5.41, 5.74) is 0.972. The van der Waals surface area contributed by atoms with Gasteiger partial charge in [0.2, 0.25) is 6.29 Å². The maximum atomic E-state index is 12.7. The lowest BCUT2D eigenvalue weighted by Crippen LogP contribution is -2.60. The average Bonchev–Trinajstić information content (AvgIpc) is 2.73. The van der Waals surface area contributed by atoms with E-state index in [9.17, 15) is 35.4 Å². The highest BCUT2D eigenvalue weighted by Crippen LogP contribution is 2.30. The number of carbonyl (C=O) groups excluding carboxylic acids is 1. The number of ether oxygens (including phenoxy) is 2. The van der Waals surface area contributed by atoms with Crippen LogP contribution in [0.15, 0.2) is 42.5 Å². The monoisotopic (exact) mass is 420 g/mol. The molecule has 1 aliphatic rings. The Morgan fingerprint density at radius 1 is 0.933 bits per heavy atom. The fraction of sp³-hybridized carbons (Fsp3) is 0.381. The third-order valence-corrected chi connectivity index (χ3v) is 4.93. The maximum Gasteiger partial charge on any atom is 0.229 e. The zero-order valence-electron chi connectivity index (χ0n) is 16.0. The van der Waals surface area contributed by atoms with Crippen molar-refractivity contribution >= 4 is 5.78 Å². The van der Waals surface area contributed by atoms with Crippen LogP contribution in [-0.2, 0) is 11.2 Å². The summed E-state index contributed by atoms with van der Waals surface area (Å²) < 4.78 is 10.9. The van der Waals surface area contributed by atoms with Gasteiger partial charge in [-0.1, -0.05) is 12.1 Å². The summed E-state index contributed by atoms with van der Waals surface area (Å²) in [6.45, 7) is -0.622. The van der Waals surface area contributed by atoms with Crippen molar-refractivity contribution < 1.29 is 44.9 Å². The molecule has 30 heavy (non-hydrogen) atoms. The zero-order chi connectivity index (χ0) is 21.8. The molecule has 9 heteroatoms. The van der Waals surface area contributed by atoms with E-state index in [-0.39, 0.29) is 35.0 Å². The van der Waals surface area contributed by atoms with Crippen molar-refractivity contribution in [1.82, 2.24) is 0 Å². The molecule has 9 nitrogen and oxygen atoms in total. The van der Waals surface area contributed by atoms with Gasteiger partial charge in [0.05, 0.1) is 12.2 Å². The van der Waals surface area contributed by atoms with Crippen molar-refractivity contribution in [3.63, 3.8) is 0 Å². The second-order valence-corrected chi connectivity index (χ2v) is 7.09. The van der Waals surface area contributed by atoms with E-state index in [0.29, 0.717) is 6.42 Å². The number of hydrogen-bond donors (Lipinski definition) is 6. The molecule has 0 bridgehead atoms. The van der Waals surface area contributed by atoms with Gasteiger partial charge in [0.15, 0.2) is 5.78 Å². The number of aliphatic hydroxyl groups is 4. The van der Waals surface area contributed by atoms with Gasteiger partial charge >= 0.3 is 0 Å². The Morgan fingerprint density at radius 2 is 1.60 bits per heavy atom. The van der Waals surface area contributed by atoms with Crippen molar-refractivity contribution in [2.75, 3.05) is 6.61 Å². The van der Waals surface area contributed by atoms with Crippen LogP contribution in [0.1, 0.15) is 22.3 Å². The molecule has 2 aromatic carbocycles. The predicted molar refractivity (Wildman–Crippen MR) is 103 cm³/mol. The topological polar surface area (TPSA) is 157 Å². The summed E-state index contributed by atoms with van der Waals surface area (Å²) >= 11 is 0. The van der Waals surface area contributed by atoms with E-state index in [4.69, 9.17) is 9.47 Å². The highest BCUT2D eigenvalue weighted by Gasteiger charge is 2.45. The zero-order valence-corrected chi connectivity index (χ0v) is 16.0. The number of phenols is 2. The van der Waals surface area contributed by atoms with Gasteiger partial charge in [-0.2, -0.15) is 0 Å². The number of benzene rings is 2. The van der Waals surface area contributed by atoms with Crippen LogP contribution in [0.25, 0.3) is 0 Å². The van der Waals surface area contributed by atoms with Crippen LogP contribution in [-0.4, -0.2) is 73.7 Å². The van der Waals surface area contributed by atoms with Crippen LogP contribution in [0.4, 0.5) is 0 Å². The van der Waals surface area contributed by atoms with E-state index in [1.807, 2.05) is 0 Å². The first kappa shape index (κ1) is 22.0. The summed E-state index contributed by atoms with van der Waals surface area (Å²) in [5.74, 6) is -0.443. The number of aryl methyl sites for hydroxylation is 1. The van der Waals surface area contributed by atoms with Gasteiger partial charge in [0, 0.05) is 12.5 Å². The molecule has 0 spiro atoms. The third-order valence-electron chi connectivity index (χ3n) is 4.93. The molecule has 1 saturated heterocycles. The number of aliphatic hydroxyl groups excluding tert-OH is 4. The molecular formula is C21H24O9. The highest BCUT2D eigenvalue weighted by atomic mass is 16.7. The van der Waals surface area contributed by atoms with Gasteiger partial charge in [-0.05, 0) is 36.2 Å². The second-order valence-electron chi connectivity index (χ2n) is 7.09. The van der Waals surface area contributed by atoms with Crippen molar-refractivity contribution in [2.24, 2.45) is 0 Å². The molecule has 5 unspecified atom stereocenters. The van der Waals surface area contributed by atoms with Crippen LogP contribution in [0.2, 0.25) is 0 Å². The standard InChI is InChI=1S/C21H24O9/c22-10-17-18(26)19(27)20(28)21(30-17)29-16-9-13(24)6-7-14(16)15(25)8-3-11-1-4-12(23)5-2-11/h1-2,4-7,9,17-24,26-28H,3,8,10H2. The molecule has 5 atom stereocenters. The normalized spacial score (nSPS) is 26.3. The first-order chi connectivity index (χ1) is 14.3. The minimum absolute atomic E-state index is 0.0740. The molecule has 0 saturated carbocycles. The first-order valence-electron chi connectivity index (χ1n) is 9.41. The van der Waals surface area contributed by atoms with Crippen LogP contribution in [0.3, 0.4) is 0 Å². The average molecular weight is 420 g/mol. The molecule has 6 N–H and O–H groups in total. The number of ketones is 1. The van der Waals surface area contributed by atoms with Crippen molar-refractivity contribution in [1.29, 1.82) is 0 Å². The van der Waals surface area contributed by atoms with E-state index < -0.39 is 37.3 Å². The molecule has 3 rings (SSSR count). The summed E-state index contributed by atoms with van der Waals surface area (Å²) in [4.78, 5) is 12.7. The lowest BCUT2D eigenvalue weighted by Gasteiger charge is -2.39. The number of phenolic OH excluding ortho intramolecular Hbond substituents is 2. The Balaban J connectivity index is 1.76. The minimum atomic E-state index is -1.65. The summed E-state index contributed by atoms with van der Waals surface area (Å²) in [7, 11) is 0. The second kappa shape index (κ2) is 9.41. The Bertz CT molecular complexity index is 865. The summed E-state index contributed by atoms with van der Waals surface area (Å²) in [5, 5.41) is 58.3. The van der Waals surface area contributed by atoms with Crippen LogP contribution in [0, 0.1) is 0 Å². The molecular weight excluding hydrogens is 396 g/mol. The molecule has 0 aromatic heterocycles. The van der Waals surface area contributed by atoms with E-state index in [2.05, 4.69) is 0 Å². The molecule has 1 heterocycles. The van der Waals surface area contributed by atoms with Gasteiger partial charge in [-0.25, -0.2) is 0 Å². The van der Waals surface area contributed by atoms with Gasteiger partial charge in [0.1, 0.15) is 41.7 Å². The Hall–Kier alpha value is -2.69. The van der Waals surface area contributed by atoms with E-state index in [1.54, 1.807) is 12.1 Å². The number of Topliss-reactive ketones (excluding diaryl/α,β-unsaturated/α-hetero) is 1. The van der Waals surface area contributed by atoms with E-state index in [0.717, 1.165) is 5.56 Å². The molecule has 162 valence electrons. The molecule has 0 radical (unpaired) electrons. The molecule has 1 fully saturated rings. The Labute approximate surface area is 172 Å². The van der Waals surface area contributed by atoms with Crippen molar-refractivity contribution in [3.8, 4) is 17.2 Å². The number of aromatic hydroxyl groups is 2. The van der Waals surface area contributed by atoms with Crippen LogP contribution in [0.5, 0.6) is 17.2 Å². The Kier molecular flexibility index (Phi) is 6.91. The van der Waals surface area contributed by atoms with Gasteiger partial charge in [-0.3, -0.25) is 4.79 Å². The van der Waals surface area contributed by atoms with E-state index >= 15 is 0 Å². The molecule has 0 amide bonds.